The van der Waals surface area contributed by atoms with Gasteiger partial charge in [0, 0.05) is 6.20 Å². The summed E-state index contributed by atoms with van der Waals surface area (Å²) < 4.78 is 12.7. The predicted octanol–water partition coefficient (Wildman–Crippen LogP) is 1.44. The molecule has 0 aliphatic rings. The number of carbonyl (C=O) groups excluding carboxylic acids is 1. The molecule has 0 radical (unpaired) electrons. The van der Waals surface area contributed by atoms with Crippen molar-refractivity contribution in [3.8, 4) is 0 Å². The van der Waals surface area contributed by atoms with Gasteiger partial charge in [-0.25, -0.2) is 9.37 Å². The largest absolute Gasteiger partial charge is 0.311 e. The summed E-state index contributed by atoms with van der Waals surface area (Å²) in [6.45, 7) is 0. The van der Waals surface area contributed by atoms with E-state index in [0.717, 1.165) is 6.07 Å². The number of pyridine rings is 1. The van der Waals surface area contributed by atoms with Crippen molar-refractivity contribution in [1.29, 1.82) is 0 Å². The number of halogens is 2. The topological polar surface area (TPSA) is 42.0 Å². The van der Waals surface area contributed by atoms with E-state index in [0.29, 0.717) is 6.41 Å². The lowest BCUT2D eigenvalue weighted by atomic mass is 10.4. The second-order valence-corrected chi connectivity index (χ2v) is 2.18. The number of rotatable bonds is 2. The Morgan fingerprint density at radius 2 is 2.45 bits per heavy atom. The molecule has 1 heterocycles. The maximum atomic E-state index is 12.7. The van der Waals surface area contributed by atoms with Crippen LogP contribution in [0, 0.1) is 5.82 Å². The molecule has 0 fully saturated rings. The average Bonchev–Trinajstić information content (AvgIpc) is 1.95. The number of amides is 1. The van der Waals surface area contributed by atoms with E-state index in [1.165, 1.54) is 6.20 Å². The molecule has 0 spiro atoms. The first-order chi connectivity index (χ1) is 5.24. The molecule has 0 unspecified atom stereocenters. The normalized spacial score (nSPS) is 9.27. The van der Waals surface area contributed by atoms with E-state index in [-0.39, 0.29) is 10.8 Å². The van der Waals surface area contributed by atoms with Crippen LogP contribution in [0.25, 0.3) is 0 Å². The molecular formula is C6H4ClFN2O. The lowest BCUT2D eigenvalue weighted by Crippen LogP contribution is -1.99. The van der Waals surface area contributed by atoms with Gasteiger partial charge in [-0.05, 0) is 6.07 Å². The zero-order valence-corrected chi connectivity index (χ0v) is 6.10. The number of anilines is 1. The number of hydrogen-bond donors (Lipinski definition) is 1. The number of nitrogens with one attached hydrogen (secondary N) is 1. The summed E-state index contributed by atoms with van der Waals surface area (Å²) in [7, 11) is 0. The predicted molar refractivity (Wildman–Crippen MR) is 38.9 cm³/mol. The van der Waals surface area contributed by atoms with Crippen molar-refractivity contribution in [1.82, 2.24) is 4.98 Å². The van der Waals surface area contributed by atoms with Crippen molar-refractivity contribution in [3.05, 3.63) is 23.1 Å². The smallest absolute Gasteiger partial charge is 0.212 e. The van der Waals surface area contributed by atoms with Gasteiger partial charge in [-0.15, -0.1) is 0 Å². The number of aromatic nitrogens is 1. The van der Waals surface area contributed by atoms with Gasteiger partial charge in [0.05, 0.1) is 5.02 Å². The van der Waals surface area contributed by atoms with Gasteiger partial charge in [0.25, 0.3) is 0 Å². The van der Waals surface area contributed by atoms with Gasteiger partial charge in [0.1, 0.15) is 0 Å². The second-order valence-electron chi connectivity index (χ2n) is 1.75. The van der Waals surface area contributed by atoms with Gasteiger partial charge in [-0.2, -0.15) is 0 Å². The molecule has 1 amide bonds. The van der Waals surface area contributed by atoms with Crippen molar-refractivity contribution < 1.29 is 9.18 Å². The molecule has 5 heteroatoms. The zero-order chi connectivity index (χ0) is 8.27. The third-order valence-electron chi connectivity index (χ3n) is 1.00. The highest BCUT2D eigenvalue weighted by molar-refractivity contribution is 6.30. The summed E-state index contributed by atoms with van der Waals surface area (Å²) in [4.78, 5) is 13.4. The average molecular weight is 175 g/mol. The highest BCUT2D eigenvalue weighted by atomic mass is 35.5. The number of nitrogens with zero attached hydrogens (tertiary/aromatic N) is 1. The second kappa shape index (κ2) is 3.30. The van der Waals surface area contributed by atoms with Crippen LogP contribution in [0.3, 0.4) is 0 Å². The number of hydrogen-bond acceptors (Lipinski definition) is 2. The lowest BCUT2D eigenvalue weighted by molar-refractivity contribution is -0.105. The summed E-state index contributed by atoms with van der Waals surface area (Å²) in [5, 5.41) is 2.27. The maximum absolute atomic E-state index is 12.7. The Labute approximate surface area is 67.2 Å². The van der Waals surface area contributed by atoms with E-state index in [1.807, 2.05) is 0 Å². The molecular weight excluding hydrogens is 171 g/mol. The molecule has 0 saturated carbocycles. The molecule has 1 N–H and O–H groups in total. The van der Waals surface area contributed by atoms with E-state index in [1.54, 1.807) is 0 Å². The molecule has 0 aliphatic carbocycles. The molecule has 0 saturated heterocycles. The fourth-order valence-corrected chi connectivity index (χ4v) is 0.721. The minimum absolute atomic E-state index is 0.121. The van der Waals surface area contributed by atoms with Crippen molar-refractivity contribution in [2.75, 3.05) is 5.32 Å². The molecule has 0 aromatic carbocycles. The van der Waals surface area contributed by atoms with Crippen molar-refractivity contribution in [3.63, 3.8) is 0 Å². The number of carbonyl (C=O) groups is 1. The van der Waals surface area contributed by atoms with Crippen LogP contribution in [0.5, 0.6) is 0 Å². The van der Waals surface area contributed by atoms with Crippen LogP contribution in [-0.2, 0) is 4.79 Å². The standard InChI is InChI=1S/C6H4ClFN2O/c7-4-1-5(8)6(9-2-4)10-3-11/h1-3H,(H,9,10,11). The first-order valence-corrected chi connectivity index (χ1v) is 3.13. The summed E-state index contributed by atoms with van der Waals surface area (Å²) in [6, 6.07) is 1.07. The molecule has 1 aromatic heterocycles. The SMILES string of the molecule is O=CNc1ncc(Cl)cc1F. The third kappa shape index (κ3) is 1.88. The maximum Gasteiger partial charge on any atom is 0.212 e. The van der Waals surface area contributed by atoms with E-state index < -0.39 is 5.82 Å². The van der Waals surface area contributed by atoms with Crippen LogP contribution in [0.4, 0.5) is 10.2 Å². The highest BCUT2D eigenvalue weighted by Crippen LogP contribution is 2.14. The van der Waals surface area contributed by atoms with Gasteiger partial charge < -0.3 is 5.32 Å². The monoisotopic (exact) mass is 174 g/mol. The van der Waals surface area contributed by atoms with Crippen LogP contribution in [-0.4, -0.2) is 11.4 Å². The van der Waals surface area contributed by atoms with Crippen molar-refractivity contribution in [2.24, 2.45) is 0 Å². The Balaban J connectivity index is 2.98. The summed E-state index contributed by atoms with van der Waals surface area (Å²) in [5.74, 6) is -0.769. The van der Waals surface area contributed by atoms with Crippen molar-refractivity contribution >= 4 is 23.8 Å². The van der Waals surface area contributed by atoms with E-state index in [9.17, 15) is 9.18 Å². The molecule has 11 heavy (non-hydrogen) atoms. The van der Waals surface area contributed by atoms with Gasteiger partial charge in [0.15, 0.2) is 11.6 Å². The van der Waals surface area contributed by atoms with E-state index in [4.69, 9.17) is 11.6 Å². The lowest BCUT2D eigenvalue weighted by Gasteiger charge is -1.97. The van der Waals surface area contributed by atoms with Crippen LogP contribution < -0.4 is 5.32 Å². The highest BCUT2D eigenvalue weighted by Gasteiger charge is 2.01. The summed E-state index contributed by atoms with van der Waals surface area (Å²) >= 11 is 5.40. The summed E-state index contributed by atoms with van der Waals surface area (Å²) in [5.41, 5.74) is 0. The van der Waals surface area contributed by atoms with Crippen LogP contribution in [0.15, 0.2) is 12.3 Å². The van der Waals surface area contributed by atoms with Crippen LogP contribution in [0.2, 0.25) is 5.02 Å². The van der Waals surface area contributed by atoms with Gasteiger partial charge >= 0.3 is 0 Å². The molecule has 0 atom stereocenters. The fourth-order valence-electron chi connectivity index (χ4n) is 0.577. The molecule has 1 rings (SSSR count). The first-order valence-electron chi connectivity index (χ1n) is 2.75. The minimum Gasteiger partial charge on any atom is -0.311 e. The molecule has 1 aromatic rings. The molecule has 58 valence electrons. The van der Waals surface area contributed by atoms with Crippen molar-refractivity contribution in [2.45, 2.75) is 0 Å². The Kier molecular flexibility index (Phi) is 2.38. The minimum atomic E-state index is -0.649. The Bertz CT molecular complexity index is 279. The van der Waals surface area contributed by atoms with Crippen LogP contribution >= 0.6 is 11.6 Å². The quantitative estimate of drug-likeness (QED) is 0.690. The first kappa shape index (κ1) is 7.94. The molecule has 0 aliphatic heterocycles. The van der Waals surface area contributed by atoms with Gasteiger partial charge in [0.2, 0.25) is 6.41 Å². The summed E-state index contributed by atoms with van der Waals surface area (Å²) in [6.07, 6.45) is 1.59. The van der Waals surface area contributed by atoms with E-state index in [2.05, 4.69) is 10.3 Å². The Morgan fingerprint density at radius 1 is 1.73 bits per heavy atom. The van der Waals surface area contributed by atoms with Gasteiger partial charge in [-0.1, -0.05) is 11.6 Å². The van der Waals surface area contributed by atoms with Crippen LogP contribution in [0.1, 0.15) is 0 Å². The zero-order valence-electron chi connectivity index (χ0n) is 5.34. The third-order valence-corrected chi connectivity index (χ3v) is 1.21. The molecule has 3 nitrogen and oxygen atoms in total. The van der Waals surface area contributed by atoms with E-state index >= 15 is 0 Å². The fraction of sp³-hybridized carbons (Fsp3) is 0. The molecule has 0 bridgehead atoms. The van der Waals surface area contributed by atoms with Gasteiger partial charge in [-0.3, -0.25) is 4.79 Å². The Morgan fingerprint density at radius 3 is 3.00 bits per heavy atom. The Hall–Kier alpha value is -1.16.